The Morgan fingerprint density at radius 3 is 2.33 bits per heavy atom. The van der Waals surface area contributed by atoms with Crippen LogP contribution in [0.5, 0.6) is 0 Å². The second-order valence-corrected chi connectivity index (χ2v) is 4.00. The highest BCUT2D eigenvalue weighted by atomic mass is 35.5. The maximum Gasteiger partial charge on any atom is 0.416 e. The lowest BCUT2D eigenvalue weighted by atomic mass is 9.99. The fraction of sp³-hybridized carbons (Fsp3) is 0.333. The first kappa shape index (κ1) is 16.9. The van der Waals surface area contributed by atoms with Crippen LogP contribution in [0.1, 0.15) is 30.5 Å². The van der Waals surface area contributed by atoms with Gasteiger partial charge in [0.2, 0.25) is 0 Å². The summed E-state index contributed by atoms with van der Waals surface area (Å²) in [7, 11) is 0. The zero-order valence-corrected chi connectivity index (χ0v) is 10.5. The highest BCUT2D eigenvalue weighted by Gasteiger charge is 2.31. The Hall–Kier alpha value is -1.07. The van der Waals surface area contributed by atoms with E-state index in [0.717, 1.165) is 17.7 Å². The Labute approximate surface area is 109 Å². The Balaban J connectivity index is 0.00000289. The quantitative estimate of drug-likeness (QED) is 0.652. The van der Waals surface area contributed by atoms with Gasteiger partial charge in [-0.05, 0) is 25.5 Å². The summed E-state index contributed by atoms with van der Waals surface area (Å²) in [6.45, 7) is 5.35. The maximum atomic E-state index is 13.5. The second kappa shape index (κ2) is 6.20. The van der Waals surface area contributed by atoms with E-state index in [1.54, 1.807) is 6.92 Å². The third-order valence-corrected chi connectivity index (χ3v) is 2.30. The van der Waals surface area contributed by atoms with Crippen molar-refractivity contribution in [2.24, 2.45) is 5.73 Å². The normalized spacial score (nSPS) is 12.8. The van der Waals surface area contributed by atoms with Gasteiger partial charge in [0.25, 0.3) is 0 Å². The van der Waals surface area contributed by atoms with Crippen LogP contribution in [-0.4, -0.2) is 0 Å². The van der Waals surface area contributed by atoms with Crippen molar-refractivity contribution in [1.82, 2.24) is 0 Å². The number of alkyl halides is 3. The summed E-state index contributed by atoms with van der Waals surface area (Å²) in [6.07, 6.45) is -4.21. The summed E-state index contributed by atoms with van der Waals surface area (Å²) >= 11 is 0. The van der Waals surface area contributed by atoms with Gasteiger partial charge in [-0.1, -0.05) is 11.6 Å². The van der Waals surface area contributed by atoms with Crippen LogP contribution in [0.3, 0.4) is 0 Å². The number of rotatable bonds is 3. The van der Waals surface area contributed by atoms with Crippen molar-refractivity contribution in [3.8, 4) is 0 Å². The minimum atomic E-state index is -4.54. The lowest BCUT2D eigenvalue weighted by molar-refractivity contribution is -0.137. The minimum Gasteiger partial charge on any atom is -0.324 e. The van der Waals surface area contributed by atoms with E-state index in [9.17, 15) is 17.6 Å². The van der Waals surface area contributed by atoms with Crippen molar-refractivity contribution >= 4 is 12.4 Å². The molecule has 0 spiro atoms. The van der Waals surface area contributed by atoms with Crippen molar-refractivity contribution in [3.63, 3.8) is 0 Å². The van der Waals surface area contributed by atoms with E-state index in [4.69, 9.17) is 5.73 Å². The molecule has 0 heterocycles. The Kier molecular flexibility index (Phi) is 5.83. The molecule has 0 aliphatic heterocycles. The molecule has 0 unspecified atom stereocenters. The van der Waals surface area contributed by atoms with Crippen molar-refractivity contribution < 1.29 is 17.6 Å². The molecule has 0 fully saturated rings. The molecule has 1 nitrogen and oxygen atoms in total. The van der Waals surface area contributed by atoms with Gasteiger partial charge in [-0.2, -0.15) is 13.2 Å². The van der Waals surface area contributed by atoms with Gasteiger partial charge < -0.3 is 5.73 Å². The molecule has 1 aromatic carbocycles. The monoisotopic (exact) mass is 283 g/mol. The molecule has 0 aromatic heterocycles. The number of hydrogen-bond donors (Lipinski definition) is 1. The molecule has 2 N–H and O–H groups in total. The Morgan fingerprint density at radius 2 is 1.94 bits per heavy atom. The first-order valence-corrected chi connectivity index (χ1v) is 4.98. The van der Waals surface area contributed by atoms with Crippen LogP contribution in [0, 0.1) is 5.82 Å². The van der Waals surface area contributed by atoms with Crippen LogP contribution in [-0.2, 0) is 6.18 Å². The molecule has 0 aliphatic carbocycles. The lowest BCUT2D eigenvalue weighted by Gasteiger charge is -2.14. The smallest absolute Gasteiger partial charge is 0.324 e. The van der Waals surface area contributed by atoms with E-state index in [1.165, 1.54) is 0 Å². The molecule has 1 rings (SSSR count). The molecular formula is C12H14ClF4N. The maximum absolute atomic E-state index is 13.5. The predicted octanol–water partition coefficient (Wildman–Crippen LogP) is 4.23. The van der Waals surface area contributed by atoms with Crippen LogP contribution in [0.2, 0.25) is 0 Å². The van der Waals surface area contributed by atoms with E-state index >= 15 is 0 Å². The van der Waals surface area contributed by atoms with E-state index < -0.39 is 23.6 Å². The van der Waals surface area contributed by atoms with Crippen molar-refractivity contribution in [2.75, 3.05) is 0 Å². The number of benzene rings is 1. The molecule has 0 saturated carbocycles. The summed E-state index contributed by atoms with van der Waals surface area (Å²) in [6, 6.07) is 1.70. The summed E-state index contributed by atoms with van der Waals surface area (Å²) in [4.78, 5) is 0. The first-order chi connectivity index (χ1) is 7.71. The first-order valence-electron chi connectivity index (χ1n) is 4.98. The van der Waals surface area contributed by atoms with E-state index in [2.05, 4.69) is 6.58 Å². The van der Waals surface area contributed by atoms with Crippen LogP contribution in [0.25, 0.3) is 0 Å². The Morgan fingerprint density at radius 1 is 1.39 bits per heavy atom. The van der Waals surface area contributed by atoms with Gasteiger partial charge >= 0.3 is 6.18 Å². The molecule has 0 aliphatic rings. The standard InChI is InChI=1S/C12H13F4N.ClH/c1-7(2)5-11(17)9-4-3-8(6-10(9)13)12(14,15)16;/h3-4,6,11H,1,5,17H2,2H3;1H/t11-;/m0./s1. The molecule has 0 radical (unpaired) electrons. The Bertz CT molecular complexity index is 429. The summed E-state index contributed by atoms with van der Waals surface area (Å²) in [5.41, 5.74) is 5.48. The van der Waals surface area contributed by atoms with Crippen molar-refractivity contribution in [3.05, 3.63) is 47.3 Å². The zero-order valence-electron chi connectivity index (χ0n) is 9.72. The third-order valence-electron chi connectivity index (χ3n) is 2.30. The van der Waals surface area contributed by atoms with E-state index in [-0.39, 0.29) is 18.0 Å². The van der Waals surface area contributed by atoms with Gasteiger partial charge in [0.05, 0.1) is 5.56 Å². The van der Waals surface area contributed by atoms with Gasteiger partial charge in [-0.25, -0.2) is 4.39 Å². The molecule has 102 valence electrons. The molecule has 0 amide bonds. The average molecular weight is 284 g/mol. The van der Waals surface area contributed by atoms with Gasteiger partial charge in [0, 0.05) is 11.6 Å². The van der Waals surface area contributed by atoms with Gasteiger partial charge in [-0.15, -0.1) is 19.0 Å². The summed E-state index contributed by atoms with van der Waals surface area (Å²) < 4.78 is 50.4. The summed E-state index contributed by atoms with van der Waals surface area (Å²) in [5, 5.41) is 0. The summed E-state index contributed by atoms with van der Waals surface area (Å²) in [5.74, 6) is -0.937. The largest absolute Gasteiger partial charge is 0.416 e. The average Bonchev–Trinajstić information content (AvgIpc) is 2.14. The lowest BCUT2D eigenvalue weighted by Crippen LogP contribution is -2.14. The highest BCUT2D eigenvalue weighted by Crippen LogP contribution is 2.31. The second-order valence-electron chi connectivity index (χ2n) is 4.00. The van der Waals surface area contributed by atoms with Crippen molar-refractivity contribution in [2.45, 2.75) is 25.6 Å². The fourth-order valence-corrected chi connectivity index (χ4v) is 1.49. The van der Waals surface area contributed by atoms with Gasteiger partial charge in [0.1, 0.15) is 5.82 Å². The van der Waals surface area contributed by atoms with Crippen molar-refractivity contribution in [1.29, 1.82) is 0 Å². The molecule has 6 heteroatoms. The van der Waals surface area contributed by atoms with Crippen LogP contribution in [0.15, 0.2) is 30.4 Å². The number of nitrogens with two attached hydrogens (primary N) is 1. The molecule has 1 aromatic rings. The van der Waals surface area contributed by atoms with E-state index in [0.29, 0.717) is 12.5 Å². The molecule has 18 heavy (non-hydrogen) atoms. The van der Waals surface area contributed by atoms with Crippen LogP contribution in [0.4, 0.5) is 17.6 Å². The topological polar surface area (TPSA) is 26.0 Å². The minimum absolute atomic E-state index is 0. The molecular weight excluding hydrogens is 270 g/mol. The van der Waals surface area contributed by atoms with Crippen LogP contribution < -0.4 is 5.73 Å². The predicted molar refractivity (Wildman–Crippen MR) is 65.0 cm³/mol. The molecule has 0 saturated heterocycles. The fourth-order valence-electron chi connectivity index (χ4n) is 1.49. The SMILES string of the molecule is C=C(C)C[C@H](N)c1ccc(C(F)(F)F)cc1F.Cl. The third kappa shape index (κ3) is 4.31. The number of halogens is 5. The van der Waals surface area contributed by atoms with Crippen LogP contribution >= 0.6 is 12.4 Å². The van der Waals surface area contributed by atoms with Gasteiger partial charge in [-0.3, -0.25) is 0 Å². The molecule has 0 bridgehead atoms. The zero-order chi connectivity index (χ0) is 13.2. The number of hydrogen-bond acceptors (Lipinski definition) is 1. The van der Waals surface area contributed by atoms with Gasteiger partial charge in [0.15, 0.2) is 0 Å². The highest BCUT2D eigenvalue weighted by molar-refractivity contribution is 5.85. The molecule has 1 atom stereocenters. The van der Waals surface area contributed by atoms with E-state index in [1.807, 2.05) is 0 Å².